The summed E-state index contributed by atoms with van der Waals surface area (Å²) in [5.74, 6) is -0.173. The minimum atomic E-state index is -0.478. The molecule has 0 N–H and O–H groups in total. The molecule has 0 amide bonds. The summed E-state index contributed by atoms with van der Waals surface area (Å²) in [7, 11) is 0. The predicted molar refractivity (Wildman–Crippen MR) is 130 cm³/mol. The monoisotopic (exact) mass is 475 g/mol. The Morgan fingerprint density at radius 2 is 1.88 bits per heavy atom. The fourth-order valence-electron chi connectivity index (χ4n) is 3.41. The summed E-state index contributed by atoms with van der Waals surface area (Å²) in [6.45, 7) is 1.97. The Labute approximate surface area is 198 Å². The van der Waals surface area contributed by atoms with Gasteiger partial charge in [-0.1, -0.05) is 29.8 Å². The first-order valence-electron chi connectivity index (χ1n) is 10.3. The molecule has 0 aliphatic heterocycles. The van der Waals surface area contributed by atoms with E-state index in [-0.39, 0.29) is 23.7 Å². The molecule has 9 heteroatoms. The van der Waals surface area contributed by atoms with Crippen molar-refractivity contribution in [2.24, 2.45) is 0 Å². The topological polar surface area (TPSA) is 104 Å². The van der Waals surface area contributed by atoms with Gasteiger partial charge in [-0.15, -0.1) is 0 Å². The SMILES string of the molecule is CCOC(=O)c1ccc(-n2c(C=Cc3cccc([N+](=O)[O-])c3)nc3cc(Cl)ccc3c2=O)cc1. The number of carbonyl (C=O) groups excluding carboxylic acids is 1. The number of nitro benzene ring substituents is 1. The number of nitrogens with zero attached hydrogens (tertiary/aromatic N) is 3. The first-order valence-corrected chi connectivity index (χ1v) is 10.7. The largest absolute Gasteiger partial charge is 0.462 e. The van der Waals surface area contributed by atoms with Crippen LogP contribution in [0.4, 0.5) is 5.69 Å². The fraction of sp³-hybridized carbons (Fsp3) is 0.0800. The molecule has 0 saturated heterocycles. The molecule has 0 aliphatic rings. The van der Waals surface area contributed by atoms with Crippen LogP contribution < -0.4 is 5.56 Å². The second kappa shape index (κ2) is 9.68. The number of carbonyl (C=O) groups is 1. The van der Waals surface area contributed by atoms with Crippen LogP contribution in [0.1, 0.15) is 28.7 Å². The molecule has 0 fully saturated rings. The van der Waals surface area contributed by atoms with Crippen LogP contribution in [0, 0.1) is 10.1 Å². The summed E-state index contributed by atoms with van der Waals surface area (Å²) in [6.07, 6.45) is 3.23. The maximum atomic E-state index is 13.4. The number of nitro groups is 1. The van der Waals surface area contributed by atoms with Crippen molar-refractivity contribution in [3.05, 3.63) is 109 Å². The summed E-state index contributed by atoms with van der Waals surface area (Å²) < 4.78 is 6.41. The number of halogens is 1. The zero-order valence-corrected chi connectivity index (χ0v) is 18.7. The number of ether oxygens (including phenoxy) is 1. The van der Waals surface area contributed by atoms with Crippen molar-refractivity contribution in [2.75, 3.05) is 6.61 Å². The van der Waals surface area contributed by atoms with E-state index in [0.717, 1.165) is 0 Å². The third-order valence-electron chi connectivity index (χ3n) is 5.00. The van der Waals surface area contributed by atoms with Crippen molar-refractivity contribution in [1.82, 2.24) is 9.55 Å². The molecule has 1 aromatic heterocycles. The van der Waals surface area contributed by atoms with Crippen LogP contribution in [0.15, 0.2) is 71.5 Å². The molecule has 4 aromatic rings. The van der Waals surface area contributed by atoms with Crippen molar-refractivity contribution in [1.29, 1.82) is 0 Å². The van der Waals surface area contributed by atoms with E-state index >= 15 is 0 Å². The number of benzene rings is 3. The summed E-state index contributed by atoms with van der Waals surface area (Å²) in [5, 5.41) is 11.9. The van der Waals surface area contributed by atoms with Crippen LogP contribution in [0.2, 0.25) is 5.02 Å². The van der Waals surface area contributed by atoms with Crippen molar-refractivity contribution >= 4 is 46.3 Å². The summed E-state index contributed by atoms with van der Waals surface area (Å²) in [5.41, 5.74) is 1.44. The minimum absolute atomic E-state index is 0.0488. The molecule has 0 radical (unpaired) electrons. The molecule has 0 spiro atoms. The number of esters is 1. The average Bonchev–Trinajstić information content (AvgIpc) is 2.83. The van der Waals surface area contributed by atoms with Crippen molar-refractivity contribution in [3.8, 4) is 5.69 Å². The van der Waals surface area contributed by atoms with E-state index in [0.29, 0.717) is 32.7 Å². The highest BCUT2D eigenvalue weighted by Gasteiger charge is 2.13. The van der Waals surface area contributed by atoms with Gasteiger partial charge in [0.15, 0.2) is 0 Å². The predicted octanol–water partition coefficient (Wildman–Crippen LogP) is 5.29. The van der Waals surface area contributed by atoms with Gasteiger partial charge in [0.1, 0.15) is 5.82 Å². The van der Waals surface area contributed by atoms with E-state index in [1.54, 1.807) is 73.7 Å². The Bertz CT molecular complexity index is 1490. The van der Waals surface area contributed by atoms with Crippen LogP contribution in [0.3, 0.4) is 0 Å². The Hall–Kier alpha value is -4.30. The molecule has 170 valence electrons. The number of non-ortho nitro benzene ring substituents is 1. The molecule has 0 saturated carbocycles. The first-order chi connectivity index (χ1) is 16.4. The highest BCUT2D eigenvalue weighted by molar-refractivity contribution is 6.31. The van der Waals surface area contributed by atoms with E-state index in [9.17, 15) is 19.7 Å². The van der Waals surface area contributed by atoms with Crippen LogP contribution in [0.25, 0.3) is 28.7 Å². The number of rotatable bonds is 6. The van der Waals surface area contributed by atoms with Gasteiger partial charge >= 0.3 is 5.97 Å². The number of hydrogen-bond acceptors (Lipinski definition) is 6. The number of fused-ring (bicyclic) bond motifs is 1. The molecule has 1 heterocycles. The van der Waals surface area contributed by atoms with Gasteiger partial charge in [-0.3, -0.25) is 19.5 Å². The second-order valence-corrected chi connectivity index (χ2v) is 7.66. The molecule has 8 nitrogen and oxygen atoms in total. The zero-order chi connectivity index (χ0) is 24.2. The van der Waals surface area contributed by atoms with E-state index in [1.807, 2.05) is 0 Å². The molecule has 3 aromatic carbocycles. The highest BCUT2D eigenvalue weighted by atomic mass is 35.5. The van der Waals surface area contributed by atoms with Crippen molar-refractivity contribution in [2.45, 2.75) is 6.92 Å². The molecule has 4 rings (SSSR count). The molecule has 0 aliphatic carbocycles. The Morgan fingerprint density at radius 3 is 2.59 bits per heavy atom. The number of aromatic nitrogens is 2. The van der Waals surface area contributed by atoms with Gasteiger partial charge in [0.05, 0.1) is 33.7 Å². The van der Waals surface area contributed by atoms with Crippen LogP contribution in [0.5, 0.6) is 0 Å². The minimum Gasteiger partial charge on any atom is -0.462 e. The van der Waals surface area contributed by atoms with E-state index in [4.69, 9.17) is 16.3 Å². The molecule has 0 bridgehead atoms. The van der Waals surface area contributed by atoms with Gasteiger partial charge in [0.25, 0.3) is 11.2 Å². The molecule has 34 heavy (non-hydrogen) atoms. The maximum absolute atomic E-state index is 13.4. The van der Waals surface area contributed by atoms with Crippen LogP contribution in [-0.2, 0) is 4.74 Å². The quantitative estimate of drug-likeness (QED) is 0.213. The van der Waals surface area contributed by atoms with Gasteiger partial charge in [0, 0.05) is 17.2 Å². The maximum Gasteiger partial charge on any atom is 0.338 e. The van der Waals surface area contributed by atoms with Crippen LogP contribution in [-0.4, -0.2) is 27.1 Å². The summed E-state index contributed by atoms with van der Waals surface area (Å²) in [4.78, 5) is 40.6. The molecule has 0 unspecified atom stereocenters. The fourth-order valence-corrected chi connectivity index (χ4v) is 3.58. The van der Waals surface area contributed by atoms with Crippen LogP contribution >= 0.6 is 11.6 Å². The lowest BCUT2D eigenvalue weighted by Crippen LogP contribution is -2.22. The Morgan fingerprint density at radius 1 is 1.12 bits per heavy atom. The van der Waals surface area contributed by atoms with E-state index < -0.39 is 10.9 Å². The molecule has 0 atom stereocenters. The van der Waals surface area contributed by atoms with E-state index in [2.05, 4.69) is 4.98 Å². The Kier molecular flexibility index (Phi) is 6.51. The summed E-state index contributed by atoms with van der Waals surface area (Å²) in [6, 6.07) is 17.3. The normalized spacial score (nSPS) is 11.1. The Balaban J connectivity index is 1.86. The van der Waals surface area contributed by atoms with Crippen molar-refractivity contribution in [3.63, 3.8) is 0 Å². The third-order valence-corrected chi connectivity index (χ3v) is 5.23. The smallest absolute Gasteiger partial charge is 0.338 e. The lowest BCUT2D eigenvalue weighted by atomic mass is 10.1. The molecular weight excluding hydrogens is 458 g/mol. The first kappa shape index (κ1) is 22.9. The zero-order valence-electron chi connectivity index (χ0n) is 18.0. The number of hydrogen-bond donors (Lipinski definition) is 0. The lowest BCUT2D eigenvalue weighted by Gasteiger charge is -2.12. The van der Waals surface area contributed by atoms with Gasteiger partial charge in [-0.05, 0) is 61.0 Å². The van der Waals surface area contributed by atoms with Gasteiger partial charge in [-0.2, -0.15) is 0 Å². The third kappa shape index (κ3) is 4.72. The van der Waals surface area contributed by atoms with Gasteiger partial charge in [0.2, 0.25) is 0 Å². The van der Waals surface area contributed by atoms with Gasteiger partial charge in [-0.25, -0.2) is 9.78 Å². The average molecular weight is 476 g/mol. The van der Waals surface area contributed by atoms with Gasteiger partial charge < -0.3 is 4.74 Å². The van der Waals surface area contributed by atoms with E-state index in [1.165, 1.54) is 16.7 Å². The lowest BCUT2D eigenvalue weighted by molar-refractivity contribution is -0.384. The molecular formula is C25H18ClN3O5. The van der Waals surface area contributed by atoms with Crippen molar-refractivity contribution < 1.29 is 14.5 Å². The standard InChI is InChI=1S/C25H18ClN3O5/c1-2-34-25(31)17-7-10-19(11-8-17)28-23(13-6-16-4-3-5-20(14-16)29(32)33)27-22-15-18(26)9-12-21(22)24(28)30/h3-15H,2H2,1H3. The second-order valence-electron chi connectivity index (χ2n) is 7.22. The summed E-state index contributed by atoms with van der Waals surface area (Å²) >= 11 is 6.10. The highest BCUT2D eigenvalue weighted by Crippen LogP contribution is 2.20.